The van der Waals surface area contributed by atoms with Crippen LogP contribution in [0.2, 0.25) is 0 Å². The molecule has 0 fully saturated rings. The molecular formula is C16H14N2O. The molecule has 2 aromatic carbocycles. The second-order valence-corrected chi connectivity index (χ2v) is 4.42. The zero-order valence-corrected chi connectivity index (χ0v) is 10.4. The summed E-state index contributed by atoms with van der Waals surface area (Å²) in [5.41, 5.74) is 1.93. The lowest BCUT2D eigenvalue weighted by Crippen LogP contribution is -2.12. The van der Waals surface area contributed by atoms with Gasteiger partial charge >= 0.3 is 0 Å². The van der Waals surface area contributed by atoms with E-state index >= 15 is 0 Å². The number of carbonyl (C=O) groups is 1. The third-order valence-corrected chi connectivity index (χ3v) is 3.18. The Hall–Kier alpha value is -2.55. The summed E-state index contributed by atoms with van der Waals surface area (Å²) >= 11 is 0. The van der Waals surface area contributed by atoms with Crippen LogP contribution in [0.1, 0.15) is 15.9 Å². The number of amides is 1. The molecule has 4 rings (SSSR count). The van der Waals surface area contributed by atoms with Crippen LogP contribution in [0.3, 0.4) is 0 Å². The second-order valence-electron chi connectivity index (χ2n) is 4.42. The Morgan fingerprint density at radius 3 is 2.16 bits per heavy atom. The van der Waals surface area contributed by atoms with Crippen LogP contribution in [-0.2, 0) is 6.54 Å². The average Bonchev–Trinajstić information content (AvgIpc) is 3.07. The molecule has 0 spiro atoms. The Balaban J connectivity index is 0.000000117. The van der Waals surface area contributed by atoms with E-state index in [-0.39, 0.29) is 5.91 Å². The van der Waals surface area contributed by atoms with Crippen LogP contribution in [0.15, 0.2) is 60.9 Å². The van der Waals surface area contributed by atoms with Crippen LogP contribution in [0, 0.1) is 0 Å². The Kier molecular flexibility index (Phi) is 3.02. The number of aromatic amines is 1. The first-order valence-electron chi connectivity index (χ1n) is 6.22. The molecule has 19 heavy (non-hydrogen) atoms. The highest BCUT2D eigenvalue weighted by atomic mass is 16.1. The molecule has 1 aromatic heterocycles. The molecule has 3 aromatic rings. The summed E-state index contributed by atoms with van der Waals surface area (Å²) in [6.07, 6.45) is 3.99. The van der Waals surface area contributed by atoms with Crippen molar-refractivity contribution in [3.8, 4) is 0 Å². The van der Waals surface area contributed by atoms with Gasteiger partial charge in [-0.05, 0) is 22.4 Å². The van der Waals surface area contributed by atoms with Gasteiger partial charge in [0.25, 0.3) is 5.91 Å². The van der Waals surface area contributed by atoms with Gasteiger partial charge < -0.3 is 10.3 Å². The van der Waals surface area contributed by atoms with E-state index in [1.54, 1.807) is 0 Å². The number of benzene rings is 2. The Labute approximate surface area is 111 Å². The largest absolute Gasteiger partial charge is 0.366 e. The predicted octanol–water partition coefficient (Wildman–Crippen LogP) is 3.10. The molecular weight excluding hydrogens is 236 g/mol. The molecule has 3 nitrogen and oxygen atoms in total. The molecule has 1 aliphatic rings. The van der Waals surface area contributed by atoms with Gasteiger partial charge in [0.05, 0.1) is 0 Å². The van der Waals surface area contributed by atoms with E-state index in [1.165, 1.54) is 10.8 Å². The number of hydrogen-bond donors (Lipinski definition) is 2. The number of fused-ring (bicyclic) bond motifs is 2. The second kappa shape index (κ2) is 4.98. The van der Waals surface area contributed by atoms with Crippen molar-refractivity contribution < 1.29 is 4.79 Å². The molecule has 0 atom stereocenters. The average molecular weight is 250 g/mol. The highest BCUT2D eigenvalue weighted by molar-refractivity contribution is 5.98. The normalized spacial score (nSPS) is 12.5. The first-order valence-corrected chi connectivity index (χ1v) is 6.22. The van der Waals surface area contributed by atoms with Gasteiger partial charge in [-0.15, -0.1) is 0 Å². The van der Waals surface area contributed by atoms with E-state index in [4.69, 9.17) is 0 Å². The van der Waals surface area contributed by atoms with Crippen molar-refractivity contribution in [2.24, 2.45) is 0 Å². The molecule has 2 heterocycles. The summed E-state index contributed by atoms with van der Waals surface area (Å²) in [6.45, 7) is 0.689. The molecule has 2 N–H and O–H groups in total. The van der Waals surface area contributed by atoms with Crippen LogP contribution in [0.5, 0.6) is 0 Å². The van der Waals surface area contributed by atoms with Crippen LogP contribution >= 0.6 is 0 Å². The number of H-pyrrole nitrogens is 1. The minimum absolute atomic E-state index is 0.0515. The maximum atomic E-state index is 11.0. The SMILES string of the molecule is O=C1NCc2ccccc21.c1ccc2c[nH]cc2c1. The van der Waals surface area contributed by atoms with E-state index in [2.05, 4.69) is 22.4 Å². The van der Waals surface area contributed by atoms with Crippen LogP contribution in [-0.4, -0.2) is 10.9 Å². The van der Waals surface area contributed by atoms with Crippen molar-refractivity contribution in [2.45, 2.75) is 6.54 Å². The lowest BCUT2D eigenvalue weighted by Gasteiger charge is -1.89. The lowest BCUT2D eigenvalue weighted by atomic mass is 10.1. The number of aromatic nitrogens is 1. The quantitative estimate of drug-likeness (QED) is 0.632. The van der Waals surface area contributed by atoms with Gasteiger partial charge in [0.2, 0.25) is 0 Å². The van der Waals surface area contributed by atoms with Gasteiger partial charge in [-0.2, -0.15) is 0 Å². The van der Waals surface area contributed by atoms with Crippen molar-refractivity contribution >= 4 is 16.7 Å². The Bertz CT molecular complexity index is 685. The van der Waals surface area contributed by atoms with Gasteiger partial charge in [-0.1, -0.05) is 42.5 Å². The molecule has 1 amide bonds. The van der Waals surface area contributed by atoms with E-state index < -0.39 is 0 Å². The van der Waals surface area contributed by atoms with E-state index in [9.17, 15) is 4.79 Å². The summed E-state index contributed by atoms with van der Waals surface area (Å²) in [5, 5.41) is 5.30. The van der Waals surface area contributed by atoms with E-state index in [0.717, 1.165) is 11.1 Å². The van der Waals surface area contributed by atoms with Gasteiger partial charge in [-0.25, -0.2) is 0 Å². The van der Waals surface area contributed by atoms with E-state index in [0.29, 0.717) is 6.54 Å². The molecule has 3 heteroatoms. The number of carbonyl (C=O) groups excluding carboxylic acids is 1. The van der Waals surface area contributed by atoms with Crippen molar-refractivity contribution in [1.82, 2.24) is 10.3 Å². The third kappa shape index (κ3) is 2.36. The zero-order chi connectivity index (χ0) is 13.1. The zero-order valence-electron chi connectivity index (χ0n) is 10.4. The van der Waals surface area contributed by atoms with E-state index in [1.807, 2.05) is 48.8 Å². The fourth-order valence-electron chi connectivity index (χ4n) is 2.16. The smallest absolute Gasteiger partial charge is 0.251 e. The van der Waals surface area contributed by atoms with Crippen LogP contribution < -0.4 is 5.32 Å². The maximum absolute atomic E-state index is 11.0. The van der Waals surface area contributed by atoms with Crippen molar-refractivity contribution in [3.63, 3.8) is 0 Å². The molecule has 0 radical (unpaired) electrons. The topological polar surface area (TPSA) is 44.9 Å². The van der Waals surface area contributed by atoms with Gasteiger partial charge in [0.15, 0.2) is 0 Å². The number of hydrogen-bond acceptors (Lipinski definition) is 1. The highest BCUT2D eigenvalue weighted by Crippen LogP contribution is 2.13. The van der Waals surface area contributed by atoms with Gasteiger partial charge in [0.1, 0.15) is 0 Å². The summed E-state index contributed by atoms with van der Waals surface area (Å²) in [5.74, 6) is 0.0515. The minimum atomic E-state index is 0.0515. The Morgan fingerprint density at radius 2 is 1.47 bits per heavy atom. The number of rotatable bonds is 0. The van der Waals surface area contributed by atoms with Crippen LogP contribution in [0.25, 0.3) is 10.8 Å². The molecule has 0 bridgehead atoms. The standard InChI is InChI=1S/C8H7NO.C8H7N/c10-8-7-4-2-1-3-6(7)5-9-8;1-2-4-8-6-9-5-7(8)3-1/h1-4H,5H2,(H,9,10);1-6,9H. The summed E-state index contributed by atoms with van der Waals surface area (Å²) < 4.78 is 0. The fraction of sp³-hybridized carbons (Fsp3) is 0.0625. The van der Waals surface area contributed by atoms with Gasteiger partial charge in [0, 0.05) is 24.5 Å². The highest BCUT2D eigenvalue weighted by Gasteiger charge is 2.16. The molecule has 0 unspecified atom stereocenters. The summed E-state index contributed by atoms with van der Waals surface area (Å²) in [7, 11) is 0. The van der Waals surface area contributed by atoms with Gasteiger partial charge in [-0.3, -0.25) is 4.79 Å². The van der Waals surface area contributed by atoms with Crippen molar-refractivity contribution in [1.29, 1.82) is 0 Å². The molecule has 1 aliphatic heterocycles. The molecule has 0 saturated heterocycles. The Morgan fingerprint density at radius 1 is 0.842 bits per heavy atom. The lowest BCUT2D eigenvalue weighted by molar-refractivity contribution is 0.0966. The monoisotopic (exact) mass is 250 g/mol. The van der Waals surface area contributed by atoms with Crippen LogP contribution in [0.4, 0.5) is 0 Å². The summed E-state index contributed by atoms with van der Waals surface area (Å²) in [6, 6.07) is 15.9. The minimum Gasteiger partial charge on any atom is -0.366 e. The summed E-state index contributed by atoms with van der Waals surface area (Å²) in [4.78, 5) is 14.0. The first kappa shape index (κ1) is 11.5. The molecule has 0 aliphatic carbocycles. The van der Waals surface area contributed by atoms with Crippen molar-refractivity contribution in [3.05, 3.63) is 72.1 Å². The first-order chi connectivity index (χ1) is 9.34. The predicted molar refractivity (Wildman–Crippen MR) is 75.9 cm³/mol. The van der Waals surface area contributed by atoms with Crippen molar-refractivity contribution in [2.75, 3.05) is 0 Å². The molecule has 94 valence electrons. The molecule has 0 saturated carbocycles. The maximum Gasteiger partial charge on any atom is 0.251 e. The number of nitrogens with one attached hydrogen (secondary N) is 2. The third-order valence-electron chi connectivity index (χ3n) is 3.18. The fourth-order valence-corrected chi connectivity index (χ4v) is 2.16.